The lowest BCUT2D eigenvalue weighted by Crippen LogP contribution is -2.46. The van der Waals surface area contributed by atoms with Crippen LogP contribution in [0.5, 0.6) is 0 Å². The molecule has 1 atom stereocenters. The first-order chi connectivity index (χ1) is 7.38. The van der Waals surface area contributed by atoms with Gasteiger partial charge in [0, 0.05) is 0 Å². The standard InChI is InChI=1S/C12H24N2O2/c1-6-7-14(5)8-11(16)13-12(9(2)3)10(4)15/h9,12H,6-8H2,1-5H3,(H,13,16). The lowest BCUT2D eigenvalue weighted by Gasteiger charge is -2.21. The van der Waals surface area contributed by atoms with Gasteiger partial charge in [-0.3, -0.25) is 14.5 Å². The van der Waals surface area contributed by atoms with E-state index in [0.717, 1.165) is 13.0 Å². The van der Waals surface area contributed by atoms with Crippen LogP contribution in [0.2, 0.25) is 0 Å². The van der Waals surface area contributed by atoms with E-state index < -0.39 is 0 Å². The SMILES string of the molecule is CCCN(C)CC(=O)NC(C(C)=O)C(C)C. The van der Waals surface area contributed by atoms with E-state index in [1.807, 2.05) is 25.8 Å². The van der Waals surface area contributed by atoms with Gasteiger partial charge in [0.2, 0.25) is 5.91 Å². The lowest BCUT2D eigenvalue weighted by molar-refractivity contribution is -0.128. The van der Waals surface area contributed by atoms with Gasteiger partial charge in [0.25, 0.3) is 0 Å². The third-order valence-corrected chi connectivity index (χ3v) is 2.44. The highest BCUT2D eigenvalue weighted by atomic mass is 16.2. The predicted octanol–water partition coefficient (Wildman–Crippen LogP) is 1.06. The molecule has 0 aliphatic rings. The number of likely N-dealkylation sites (N-methyl/N-ethyl adjacent to an activating group) is 1. The van der Waals surface area contributed by atoms with Gasteiger partial charge in [0.15, 0.2) is 5.78 Å². The molecule has 4 nitrogen and oxygen atoms in total. The molecule has 4 heteroatoms. The van der Waals surface area contributed by atoms with Gasteiger partial charge >= 0.3 is 0 Å². The van der Waals surface area contributed by atoms with Crippen molar-refractivity contribution in [1.29, 1.82) is 0 Å². The number of Topliss-reactive ketones (excluding diaryl/α,β-unsaturated/α-hetero) is 1. The number of carbonyl (C=O) groups excluding carboxylic acids is 2. The number of nitrogens with zero attached hydrogens (tertiary/aromatic N) is 1. The summed E-state index contributed by atoms with van der Waals surface area (Å²) in [6, 6.07) is -0.359. The third kappa shape index (κ3) is 5.85. The van der Waals surface area contributed by atoms with Crippen LogP contribution < -0.4 is 5.32 Å². The van der Waals surface area contributed by atoms with Crippen molar-refractivity contribution in [3.05, 3.63) is 0 Å². The van der Waals surface area contributed by atoms with Crippen LogP contribution in [-0.2, 0) is 9.59 Å². The van der Waals surface area contributed by atoms with E-state index in [9.17, 15) is 9.59 Å². The molecule has 0 spiro atoms. The minimum Gasteiger partial charge on any atom is -0.345 e. The molecule has 0 radical (unpaired) electrons. The Labute approximate surface area is 98.4 Å². The Morgan fingerprint density at radius 1 is 1.31 bits per heavy atom. The van der Waals surface area contributed by atoms with Crippen LogP contribution in [0.3, 0.4) is 0 Å². The maximum absolute atomic E-state index is 11.6. The van der Waals surface area contributed by atoms with Gasteiger partial charge < -0.3 is 5.32 Å². The Kier molecular flexibility index (Phi) is 6.97. The first-order valence-electron chi connectivity index (χ1n) is 5.86. The van der Waals surface area contributed by atoms with Crippen LogP contribution in [0.4, 0.5) is 0 Å². The third-order valence-electron chi connectivity index (χ3n) is 2.44. The van der Waals surface area contributed by atoms with Crippen molar-refractivity contribution in [3.8, 4) is 0 Å². The topological polar surface area (TPSA) is 49.4 Å². The quantitative estimate of drug-likeness (QED) is 0.709. The van der Waals surface area contributed by atoms with Crippen molar-refractivity contribution in [2.45, 2.75) is 40.2 Å². The molecule has 1 N–H and O–H groups in total. The second-order valence-corrected chi connectivity index (χ2v) is 4.64. The molecule has 0 rings (SSSR count). The minimum absolute atomic E-state index is 0.0153. The van der Waals surface area contributed by atoms with E-state index in [-0.39, 0.29) is 23.7 Å². The molecule has 0 aliphatic carbocycles. The summed E-state index contributed by atoms with van der Waals surface area (Å²) in [7, 11) is 1.90. The Hall–Kier alpha value is -0.900. The van der Waals surface area contributed by atoms with E-state index in [4.69, 9.17) is 0 Å². The number of nitrogens with one attached hydrogen (secondary N) is 1. The molecule has 0 aromatic carbocycles. The van der Waals surface area contributed by atoms with Crippen molar-refractivity contribution < 1.29 is 9.59 Å². The van der Waals surface area contributed by atoms with Crippen LogP contribution >= 0.6 is 0 Å². The zero-order valence-electron chi connectivity index (χ0n) is 11.0. The molecular weight excluding hydrogens is 204 g/mol. The molecule has 1 unspecified atom stereocenters. The predicted molar refractivity (Wildman–Crippen MR) is 65.2 cm³/mol. The zero-order valence-corrected chi connectivity index (χ0v) is 11.0. The molecule has 0 fully saturated rings. The summed E-state index contributed by atoms with van der Waals surface area (Å²) >= 11 is 0. The van der Waals surface area contributed by atoms with Crippen LogP contribution in [0.15, 0.2) is 0 Å². The number of ketones is 1. The van der Waals surface area contributed by atoms with E-state index in [1.165, 1.54) is 6.92 Å². The Balaban J connectivity index is 4.15. The summed E-state index contributed by atoms with van der Waals surface area (Å²) in [6.07, 6.45) is 1.02. The molecule has 0 saturated heterocycles. The van der Waals surface area contributed by atoms with Crippen molar-refractivity contribution >= 4 is 11.7 Å². The van der Waals surface area contributed by atoms with Gasteiger partial charge in [-0.05, 0) is 32.9 Å². The summed E-state index contributed by atoms with van der Waals surface area (Å²) in [5.74, 6) is 0.0734. The smallest absolute Gasteiger partial charge is 0.234 e. The average Bonchev–Trinajstić information content (AvgIpc) is 2.13. The molecule has 0 bridgehead atoms. The minimum atomic E-state index is -0.359. The van der Waals surface area contributed by atoms with E-state index in [0.29, 0.717) is 6.54 Å². The van der Waals surface area contributed by atoms with E-state index >= 15 is 0 Å². The van der Waals surface area contributed by atoms with Gasteiger partial charge in [-0.25, -0.2) is 0 Å². The molecule has 0 aromatic heterocycles. The van der Waals surface area contributed by atoms with Gasteiger partial charge in [-0.2, -0.15) is 0 Å². The van der Waals surface area contributed by atoms with Crippen molar-refractivity contribution in [3.63, 3.8) is 0 Å². The summed E-state index contributed by atoms with van der Waals surface area (Å²) in [5.41, 5.74) is 0. The summed E-state index contributed by atoms with van der Waals surface area (Å²) in [4.78, 5) is 24.9. The fourth-order valence-corrected chi connectivity index (χ4v) is 1.66. The number of hydrogen-bond acceptors (Lipinski definition) is 3. The fourth-order valence-electron chi connectivity index (χ4n) is 1.66. The average molecular weight is 228 g/mol. The van der Waals surface area contributed by atoms with Gasteiger partial charge in [-0.1, -0.05) is 20.8 Å². The number of rotatable bonds is 7. The van der Waals surface area contributed by atoms with Crippen LogP contribution in [0.1, 0.15) is 34.1 Å². The highest BCUT2D eigenvalue weighted by Crippen LogP contribution is 2.02. The second-order valence-electron chi connectivity index (χ2n) is 4.64. The molecule has 0 aliphatic heterocycles. The molecular formula is C12H24N2O2. The van der Waals surface area contributed by atoms with Crippen molar-refractivity contribution in [1.82, 2.24) is 10.2 Å². The summed E-state index contributed by atoms with van der Waals surface area (Å²) < 4.78 is 0. The van der Waals surface area contributed by atoms with Gasteiger partial charge in [0.1, 0.15) is 0 Å². The maximum atomic E-state index is 11.6. The maximum Gasteiger partial charge on any atom is 0.234 e. The van der Waals surface area contributed by atoms with Crippen LogP contribution in [-0.4, -0.2) is 42.8 Å². The Morgan fingerprint density at radius 2 is 1.88 bits per heavy atom. The van der Waals surface area contributed by atoms with E-state index in [2.05, 4.69) is 12.2 Å². The normalized spacial score (nSPS) is 12.9. The van der Waals surface area contributed by atoms with E-state index in [1.54, 1.807) is 0 Å². The van der Waals surface area contributed by atoms with Crippen LogP contribution in [0.25, 0.3) is 0 Å². The summed E-state index contributed by atoms with van der Waals surface area (Å²) in [6.45, 7) is 8.69. The van der Waals surface area contributed by atoms with Gasteiger partial charge in [0.05, 0.1) is 12.6 Å². The molecule has 0 saturated carbocycles. The summed E-state index contributed by atoms with van der Waals surface area (Å²) in [5, 5.41) is 2.78. The Bertz CT molecular complexity index is 239. The first-order valence-corrected chi connectivity index (χ1v) is 5.86. The largest absolute Gasteiger partial charge is 0.345 e. The molecule has 94 valence electrons. The van der Waals surface area contributed by atoms with Crippen molar-refractivity contribution in [2.75, 3.05) is 20.1 Å². The zero-order chi connectivity index (χ0) is 12.7. The fraction of sp³-hybridized carbons (Fsp3) is 0.833. The second kappa shape index (κ2) is 7.39. The highest BCUT2D eigenvalue weighted by molar-refractivity contribution is 5.88. The lowest BCUT2D eigenvalue weighted by atomic mass is 10.0. The molecule has 1 amide bonds. The Morgan fingerprint density at radius 3 is 2.25 bits per heavy atom. The van der Waals surface area contributed by atoms with Crippen molar-refractivity contribution in [2.24, 2.45) is 5.92 Å². The van der Waals surface area contributed by atoms with Crippen LogP contribution in [0, 0.1) is 5.92 Å². The molecule has 0 aromatic rings. The van der Waals surface area contributed by atoms with Gasteiger partial charge in [-0.15, -0.1) is 0 Å². The monoisotopic (exact) mass is 228 g/mol. The molecule has 16 heavy (non-hydrogen) atoms. The first kappa shape index (κ1) is 15.1. The number of amides is 1. The number of carbonyl (C=O) groups is 2. The molecule has 0 heterocycles. The highest BCUT2D eigenvalue weighted by Gasteiger charge is 2.20. The number of hydrogen-bond donors (Lipinski definition) is 1.